The molecule has 2 N–H and O–H groups in total. The van der Waals surface area contributed by atoms with Gasteiger partial charge in [0.05, 0.1) is 0 Å². The summed E-state index contributed by atoms with van der Waals surface area (Å²) in [4.78, 5) is 2.52. The molecule has 21 heavy (non-hydrogen) atoms. The van der Waals surface area contributed by atoms with Crippen molar-refractivity contribution in [1.29, 1.82) is 0 Å². The third-order valence-electron chi connectivity index (χ3n) is 4.11. The molecule has 2 aromatic carbocycles. The molecule has 0 bridgehead atoms. The quantitative estimate of drug-likeness (QED) is 0.834. The third-order valence-corrected chi connectivity index (χ3v) is 4.11. The van der Waals surface area contributed by atoms with Crippen LogP contribution in [-0.2, 0) is 6.54 Å². The Hall–Kier alpha value is -1.64. The molecule has 2 nitrogen and oxygen atoms in total. The fourth-order valence-corrected chi connectivity index (χ4v) is 2.84. The van der Waals surface area contributed by atoms with E-state index in [2.05, 4.69) is 73.3 Å². The molecule has 0 saturated carbocycles. The highest BCUT2D eigenvalue weighted by molar-refractivity contribution is 5.26. The standard InChI is InChI=1S/C19H26N2/c1-3-21(15-18-12-8-7-9-16(18)2)19(13-14-20)17-10-5-4-6-11-17/h4-12,19H,3,13-15,20H2,1-2H3. The zero-order valence-corrected chi connectivity index (χ0v) is 13.1. The Morgan fingerprint density at radius 2 is 1.67 bits per heavy atom. The molecule has 0 aliphatic heterocycles. The van der Waals surface area contributed by atoms with Crippen LogP contribution < -0.4 is 5.73 Å². The van der Waals surface area contributed by atoms with Crippen molar-refractivity contribution >= 4 is 0 Å². The van der Waals surface area contributed by atoms with E-state index < -0.39 is 0 Å². The molecule has 2 aromatic rings. The van der Waals surface area contributed by atoms with Gasteiger partial charge in [-0.15, -0.1) is 0 Å². The van der Waals surface area contributed by atoms with Crippen LogP contribution >= 0.6 is 0 Å². The largest absolute Gasteiger partial charge is 0.330 e. The van der Waals surface area contributed by atoms with Crippen LogP contribution in [0.5, 0.6) is 0 Å². The van der Waals surface area contributed by atoms with E-state index >= 15 is 0 Å². The van der Waals surface area contributed by atoms with E-state index in [9.17, 15) is 0 Å². The van der Waals surface area contributed by atoms with Crippen LogP contribution in [0.2, 0.25) is 0 Å². The maximum absolute atomic E-state index is 5.86. The van der Waals surface area contributed by atoms with Gasteiger partial charge >= 0.3 is 0 Å². The van der Waals surface area contributed by atoms with Crippen molar-refractivity contribution < 1.29 is 0 Å². The van der Waals surface area contributed by atoms with Crippen molar-refractivity contribution in [3.63, 3.8) is 0 Å². The monoisotopic (exact) mass is 282 g/mol. The van der Waals surface area contributed by atoms with E-state index in [0.717, 1.165) is 19.5 Å². The number of nitrogens with two attached hydrogens (primary N) is 1. The normalized spacial score (nSPS) is 12.6. The lowest BCUT2D eigenvalue weighted by atomic mass is 10.00. The second-order valence-corrected chi connectivity index (χ2v) is 5.49. The summed E-state index contributed by atoms with van der Waals surface area (Å²) in [5.41, 5.74) is 9.97. The summed E-state index contributed by atoms with van der Waals surface area (Å²) in [7, 11) is 0. The molecule has 0 aliphatic carbocycles. The van der Waals surface area contributed by atoms with Gasteiger partial charge in [0.25, 0.3) is 0 Å². The average molecular weight is 282 g/mol. The summed E-state index contributed by atoms with van der Waals surface area (Å²) in [5, 5.41) is 0. The zero-order valence-electron chi connectivity index (χ0n) is 13.1. The minimum Gasteiger partial charge on any atom is -0.330 e. The zero-order chi connectivity index (χ0) is 15.1. The Bertz CT molecular complexity index is 536. The summed E-state index contributed by atoms with van der Waals surface area (Å²) in [5.74, 6) is 0. The number of rotatable bonds is 7. The Kier molecular flexibility index (Phi) is 5.97. The molecular weight excluding hydrogens is 256 g/mol. The van der Waals surface area contributed by atoms with Crippen LogP contribution in [0.15, 0.2) is 54.6 Å². The fourth-order valence-electron chi connectivity index (χ4n) is 2.84. The Labute approximate surface area is 128 Å². The number of aryl methyl sites for hydroxylation is 1. The molecule has 1 atom stereocenters. The minimum atomic E-state index is 0.390. The number of hydrogen-bond donors (Lipinski definition) is 1. The SMILES string of the molecule is CCN(Cc1ccccc1C)C(CCN)c1ccccc1. The molecule has 0 spiro atoms. The molecule has 0 heterocycles. The predicted molar refractivity (Wildman–Crippen MR) is 90.1 cm³/mol. The molecule has 112 valence electrons. The third kappa shape index (κ3) is 4.16. The molecular formula is C19H26N2. The first-order chi connectivity index (χ1) is 10.3. The van der Waals surface area contributed by atoms with Gasteiger partial charge < -0.3 is 5.73 Å². The first kappa shape index (κ1) is 15.7. The van der Waals surface area contributed by atoms with Crippen LogP contribution in [0.3, 0.4) is 0 Å². The molecule has 2 rings (SSSR count). The minimum absolute atomic E-state index is 0.390. The van der Waals surface area contributed by atoms with Gasteiger partial charge in [-0.05, 0) is 43.1 Å². The summed E-state index contributed by atoms with van der Waals surface area (Å²) in [6.07, 6.45) is 0.990. The topological polar surface area (TPSA) is 29.3 Å². The van der Waals surface area contributed by atoms with Crippen LogP contribution in [0.25, 0.3) is 0 Å². The lowest BCUT2D eigenvalue weighted by Crippen LogP contribution is -2.30. The lowest BCUT2D eigenvalue weighted by molar-refractivity contribution is 0.190. The highest BCUT2D eigenvalue weighted by Gasteiger charge is 2.18. The van der Waals surface area contributed by atoms with Crippen molar-refractivity contribution in [3.05, 3.63) is 71.3 Å². The van der Waals surface area contributed by atoms with Gasteiger partial charge in [0.15, 0.2) is 0 Å². The Morgan fingerprint density at radius 3 is 2.29 bits per heavy atom. The van der Waals surface area contributed by atoms with Gasteiger partial charge in [0.1, 0.15) is 0 Å². The van der Waals surface area contributed by atoms with Gasteiger partial charge in [0, 0.05) is 12.6 Å². The molecule has 2 heteroatoms. The number of hydrogen-bond acceptors (Lipinski definition) is 2. The van der Waals surface area contributed by atoms with Crippen molar-refractivity contribution in [2.24, 2.45) is 5.73 Å². The molecule has 0 radical (unpaired) electrons. The molecule has 0 aliphatic rings. The molecule has 0 aromatic heterocycles. The van der Waals surface area contributed by atoms with E-state index in [0.29, 0.717) is 12.6 Å². The number of benzene rings is 2. The Balaban J connectivity index is 2.22. The van der Waals surface area contributed by atoms with Crippen molar-refractivity contribution in [3.8, 4) is 0 Å². The van der Waals surface area contributed by atoms with Crippen LogP contribution in [0.4, 0.5) is 0 Å². The average Bonchev–Trinajstić information content (AvgIpc) is 2.53. The summed E-state index contributed by atoms with van der Waals surface area (Å²) < 4.78 is 0. The molecule has 0 amide bonds. The second-order valence-electron chi connectivity index (χ2n) is 5.49. The van der Waals surface area contributed by atoms with E-state index in [1.165, 1.54) is 16.7 Å². The first-order valence-corrected chi connectivity index (χ1v) is 7.79. The smallest absolute Gasteiger partial charge is 0.0363 e. The van der Waals surface area contributed by atoms with Gasteiger partial charge in [-0.2, -0.15) is 0 Å². The lowest BCUT2D eigenvalue weighted by Gasteiger charge is -2.31. The van der Waals surface area contributed by atoms with Gasteiger partial charge in [0.2, 0.25) is 0 Å². The molecule has 1 unspecified atom stereocenters. The van der Waals surface area contributed by atoms with Crippen LogP contribution in [0.1, 0.15) is 36.1 Å². The van der Waals surface area contributed by atoms with Crippen molar-refractivity contribution in [1.82, 2.24) is 4.90 Å². The van der Waals surface area contributed by atoms with Crippen LogP contribution in [-0.4, -0.2) is 18.0 Å². The summed E-state index contributed by atoms with van der Waals surface area (Å²) in [6.45, 7) is 7.12. The number of nitrogens with zero attached hydrogens (tertiary/aromatic N) is 1. The summed E-state index contributed by atoms with van der Waals surface area (Å²) in [6, 6.07) is 19.7. The van der Waals surface area contributed by atoms with Crippen molar-refractivity contribution in [2.75, 3.05) is 13.1 Å². The highest BCUT2D eigenvalue weighted by Crippen LogP contribution is 2.26. The predicted octanol–water partition coefficient (Wildman–Crippen LogP) is 3.91. The Morgan fingerprint density at radius 1 is 1.00 bits per heavy atom. The van der Waals surface area contributed by atoms with Crippen LogP contribution in [0, 0.1) is 6.92 Å². The van der Waals surface area contributed by atoms with Gasteiger partial charge in [-0.1, -0.05) is 61.5 Å². The first-order valence-electron chi connectivity index (χ1n) is 7.79. The van der Waals surface area contributed by atoms with E-state index in [1.54, 1.807) is 0 Å². The maximum Gasteiger partial charge on any atom is 0.0363 e. The van der Waals surface area contributed by atoms with E-state index in [4.69, 9.17) is 5.73 Å². The van der Waals surface area contributed by atoms with Crippen molar-refractivity contribution in [2.45, 2.75) is 32.9 Å². The van der Waals surface area contributed by atoms with E-state index in [-0.39, 0.29) is 0 Å². The van der Waals surface area contributed by atoms with Gasteiger partial charge in [-0.25, -0.2) is 0 Å². The second kappa shape index (κ2) is 7.96. The molecule has 0 fully saturated rings. The summed E-state index contributed by atoms with van der Waals surface area (Å²) >= 11 is 0. The highest BCUT2D eigenvalue weighted by atomic mass is 15.1. The van der Waals surface area contributed by atoms with E-state index in [1.807, 2.05) is 0 Å². The molecule has 0 saturated heterocycles. The fraction of sp³-hybridized carbons (Fsp3) is 0.368. The maximum atomic E-state index is 5.86. The van der Waals surface area contributed by atoms with Gasteiger partial charge in [-0.3, -0.25) is 4.90 Å².